The molecule has 0 aliphatic carbocycles. The van der Waals surface area contributed by atoms with E-state index in [-0.39, 0.29) is 5.52 Å². The molecule has 142 valence electrons. The van der Waals surface area contributed by atoms with Crippen LogP contribution in [0, 0.1) is 0 Å². The molecule has 0 spiro atoms. The third-order valence-corrected chi connectivity index (χ3v) is 4.84. The molecule has 1 unspecified atom stereocenters. The largest absolute Gasteiger partial charge is 0.418 e. The Balaban J connectivity index is 1.69. The van der Waals surface area contributed by atoms with E-state index in [1.54, 1.807) is 24.8 Å². The van der Waals surface area contributed by atoms with Gasteiger partial charge in [-0.2, -0.15) is 18.3 Å². The van der Waals surface area contributed by atoms with E-state index in [1.165, 1.54) is 22.8 Å². The maximum Gasteiger partial charge on any atom is 0.418 e. The first kappa shape index (κ1) is 16.7. The van der Waals surface area contributed by atoms with E-state index in [4.69, 9.17) is 0 Å². The fraction of sp³-hybridized carbons (Fsp3) is 0.222. The highest BCUT2D eigenvalue weighted by Gasteiger charge is 2.37. The van der Waals surface area contributed by atoms with Crippen molar-refractivity contribution >= 4 is 11.5 Å². The van der Waals surface area contributed by atoms with Crippen molar-refractivity contribution in [2.45, 2.75) is 18.6 Å². The molecule has 1 aliphatic heterocycles. The van der Waals surface area contributed by atoms with Crippen molar-refractivity contribution in [2.24, 2.45) is 0 Å². The summed E-state index contributed by atoms with van der Waals surface area (Å²) in [7, 11) is 0. The van der Waals surface area contributed by atoms with Crippen LogP contribution in [-0.2, 0) is 12.6 Å². The highest BCUT2D eigenvalue weighted by atomic mass is 19.4. The Kier molecular flexibility index (Phi) is 3.61. The van der Waals surface area contributed by atoms with Crippen molar-refractivity contribution < 1.29 is 13.2 Å². The Labute approximate surface area is 156 Å². The average molecular weight is 385 g/mol. The summed E-state index contributed by atoms with van der Waals surface area (Å²) in [5.41, 5.74) is 1.38. The van der Waals surface area contributed by atoms with E-state index in [9.17, 15) is 13.2 Å². The molecule has 4 aromatic rings. The molecule has 5 rings (SSSR count). The van der Waals surface area contributed by atoms with E-state index < -0.39 is 17.8 Å². The Morgan fingerprint density at radius 1 is 1.11 bits per heavy atom. The monoisotopic (exact) mass is 385 g/mol. The topological polar surface area (TPSA) is 75.0 Å². The molecule has 4 aromatic heterocycles. The van der Waals surface area contributed by atoms with Crippen LogP contribution in [-0.4, -0.2) is 36.1 Å². The molecule has 1 aliphatic rings. The smallest absolute Gasteiger partial charge is 0.348 e. The Bertz CT molecular complexity index is 1130. The molecular weight excluding hydrogens is 371 g/mol. The number of hydrogen-bond acceptors (Lipinski definition) is 5. The molecule has 5 heterocycles. The Hall–Kier alpha value is -3.43. The average Bonchev–Trinajstić information content (AvgIpc) is 3.33. The highest BCUT2D eigenvalue weighted by Crippen LogP contribution is 2.37. The number of nitrogens with zero attached hydrogens (tertiary/aromatic N) is 6. The lowest BCUT2D eigenvalue weighted by Gasteiger charge is -2.33. The van der Waals surface area contributed by atoms with Gasteiger partial charge in [0.2, 0.25) is 5.95 Å². The molecule has 0 saturated carbocycles. The number of H-pyrrole nitrogens is 1. The maximum atomic E-state index is 13.4. The quantitative estimate of drug-likeness (QED) is 0.574. The second kappa shape index (κ2) is 6.04. The summed E-state index contributed by atoms with van der Waals surface area (Å²) in [6, 6.07) is 5.08. The molecule has 0 amide bonds. The van der Waals surface area contributed by atoms with Gasteiger partial charge in [-0.15, -0.1) is 0 Å². The Morgan fingerprint density at radius 2 is 1.93 bits per heavy atom. The number of hydrogen-bond donors (Lipinski definition) is 1. The molecule has 1 atom stereocenters. The van der Waals surface area contributed by atoms with Gasteiger partial charge in [0.1, 0.15) is 6.04 Å². The van der Waals surface area contributed by atoms with Crippen LogP contribution in [0.4, 0.5) is 19.1 Å². The van der Waals surface area contributed by atoms with Gasteiger partial charge in [0.25, 0.3) is 0 Å². The summed E-state index contributed by atoms with van der Waals surface area (Å²) in [4.78, 5) is 18.0. The van der Waals surface area contributed by atoms with Crippen molar-refractivity contribution in [3.05, 3.63) is 71.8 Å². The first-order valence-electron chi connectivity index (χ1n) is 8.63. The number of aromatic amines is 1. The van der Waals surface area contributed by atoms with Gasteiger partial charge in [0, 0.05) is 37.3 Å². The van der Waals surface area contributed by atoms with Crippen molar-refractivity contribution in [2.75, 3.05) is 11.4 Å². The molecule has 0 fully saturated rings. The number of fused-ring (bicyclic) bond motifs is 2. The van der Waals surface area contributed by atoms with Crippen molar-refractivity contribution in [3.63, 3.8) is 0 Å². The molecule has 7 nitrogen and oxygen atoms in total. The number of rotatable bonds is 2. The van der Waals surface area contributed by atoms with E-state index >= 15 is 0 Å². The third-order valence-electron chi connectivity index (χ3n) is 4.84. The third kappa shape index (κ3) is 2.60. The second-order valence-corrected chi connectivity index (χ2v) is 6.48. The Morgan fingerprint density at radius 3 is 2.71 bits per heavy atom. The van der Waals surface area contributed by atoms with Gasteiger partial charge in [-0.25, -0.2) is 19.5 Å². The van der Waals surface area contributed by atoms with Crippen LogP contribution in [0.5, 0.6) is 0 Å². The highest BCUT2D eigenvalue weighted by molar-refractivity contribution is 5.58. The minimum absolute atomic E-state index is 0.00147. The van der Waals surface area contributed by atoms with Crippen molar-refractivity contribution in [1.82, 2.24) is 29.5 Å². The van der Waals surface area contributed by atoms with Gasteiger partial charge in [-0.3, -0.25) is 0 Å². The van der Waals surface area contributed by atoms with Gasteiger partial charge < -0.3 is 9.88 Å². The summed E-state index contributed by atoms with van der Waals surface area (Å²) in [6.07, 6.45) is 2.59. The second-order valence-electron chi connectivity index (χ2n) is 6.48. The summed E-state index contributed by atoms with van der Waals surface area (Å²) < 4.78 is 41.5. The SMILES string of the molecule is FC(F)(F)c1cccn2nc(C3c4nc[nH]c4CCN3c3ncccn3)cc12. The van der Waals surface area contributed by atoms with Gasteiger partial charge in [0.05, 0.1) is 28.8 Å². The molecule has 10 heteroatoms. The van der Waals surface area contributed by atoms with Gasteiger partial charge >= 0.3 is 6.18 Å². The minimum atomic E-state index is -4.47. The van der Waals surface area contributed by atoms with E-state index in [2.05, 4.69) is 25.0 Å². The number of halogens is 3. The number of imidazole rings is 1. The zero-order chi connectivity index (χ0) is 19.3. The fourth-order valence-electron chi connectivity index (χ4n) is 3.64. The summed E-state index contributed by atoms with van der Waals surface area (Å²) in [5.74, 6) is 0.481. The standard InChI is InChI=1S/C18H14F3N7/c19-18(20,21)11-3-1-7-28-14(11)9-13(26-28)16-15-12(24-10-25-15)4-8-27(16)17-22-5-2-6-23-17/h1-3,5-7,9-10,16H,4,8H2,(H,24,25). The minimum Gasteiger partial charge on any atom is -0.348 e. The molecule has 0 saturated heterocycles. The van der Waals surface area contributed by atoms with Gasteiger partial charge in [0.15, 0.2) is 0 Å². The number of pyridine rings is 1. The number of aromatic nitrogens is 6. The van der Waals surface area contributed by atoms with Crippen LogP contribution in [0.15, 0.2) is 49.2 Å². The summed E-state index contributed by atoms with van der Waals surface area (Å²) in [5, 5.41) is 4.43. The van der Waals surface area contributed by atoms with Crippen molar-refractivity contribution in [3.8, 4) is 0 Å². The number of anilines is 1. The molecular formula is C18H14F3N7. The van der Waals surface area contributed by atoms with E-state index in [1.807, 2.05) is 4.90 Å². The normalized spacial score (nSPS) is 17.1. The van der Waals surface area contributed by atoms with Crippen LogP contribution in [0.1, 0.15) is 28.7 Å². The van der Waals surface area contributed by atoms with Crippen LogP contribution < -0.4 is 4.90 Å². The molecule has 0 bridgehead atoms. The predicted octanol–water partition coefficient (Wildman–Crippen LogP) is 3.02. The lowest BCUT2D eigenvalue weighted by molar-refractivity contribution is -0.136. The summed E-state index contributed by atoms with van der Waals surface area (Å²) >= 11 is 0. The van der Waals surface area contributed by atoms with Crippen molar-refractivity contribution in [1.29, 1.82) is 0 Å². The first-order valence-corrected chi connectivity index (χ1v) is 8.63. The lowest BCUT2D eigenvalue weighted by Crippen LogP contribution is -2.37. The molecule has 0 radical (unpaired) electrons. The predicted molar refractivity (Wildman–Crippen MR) is 93.7 cm³/mol. The maximum absolute atomic E-state index is 13.4. The lowest BCUT2D eigenvalue weighted by atomic mass is 10.00. The van der Waals surface area contributed by atoms with E-state index in [0.29, 0.717) is 24.6 Å². The molecule has 0 aromatic carbocycles. The number of nitrogens with one attached hydrogen (secondary N) is 1. The number of alkyl halides is 3. The first-order chi connectivity index (χ1) is 13.5. The zero-order valence-electron chi connectivity index (χ0n) is 14.4. The van der Waals surface area contributed by atoms with Crippen LogP contribution in [0.25, 0.3) is 5.52 Å². The molecule has 1 N–H and O–H groups in total. The van der Waals surface area contributed by atoms with Crippen LogP contribution >= 0.6 is 0 Å². The fourth-order valence-corrected chi connectivity index (χ4v) is 3.64. The van der Waals surface area contributed by atoms with Gasteiger partial charge in [-0.1, -0.05) is 0 Å². The summed E-state index contributed by atoms with van der Waals surface area (Å²) in [6.45, 7) is 0.587. The van der Waals surface area contributed by atoms with Crippen LogP contribution in [0.3, 0.4) is 0 Å². The van der Waals surface area contributed by atoms with E-state index in [0.717, 1.165) is 17.5 Å². The zero-order valence-corrected chi connectivity index (χ0v) is 14.4. The van der Waals surface area contributed by atoms with Crippen LogP contribution in [0.2, 0.25) is 0 Å². The molecule has 28 heavy (non-hydrogen) atoms. The van der Waals surface area contributed by atoms with Gasteiger partial charge in [-0.05, 0) is 24.3 Å².